The van der Waals surface area contributed by atoms with Crippen molar-refractivity contribution in [3.05, 3.63) is 114 Å². The fraction of sp³-hybridized carbons (Fsp3) is 0.111. The normalized spacial score (nSPS) is 14.9. The van der Waals surface area contributed by atoms with Crippen molar-refractivity contribution in [2.75, 3.05) is 10.6 Å². The highest BCUT2D eigenvalue weighted by Gasteiger charge is 2.36. The third-order valence-corrected chi connectivity index (χ3v) is 5.76. The summed E-state index contributed by atoms with van der Waals surface area (Å²) < 4.78 is 5.31. The van der Waals surface area contributed by atoms with Gasteiger partial charge < -0.3 is 20.0 Å². The minimum absolute atomic E-state index is 0.225. The van der Waals surface area contributed by atoms with E-state index in [0.717, 1.165) is 22.5 Å². The first kappa shape index (κ1) is 20.6. The highest BCUT2D eigenvalue weighted by atomic mass is 16.3. The van der Waals surface area contributed by atoms with E-state index in [2.05, 4.69) is 10.6 Å². The highest BCUT2D eigenvalue weighted by Crippen LogP contribution is 2.26. The number of furan rings is 1. The molecule has 4 aromatic rings. The molecule has 0 fully saturated rings. The van der Waals surface area contributed by atoms with Crippen LogP contribution in [0.3, 0.4) is 0 Å². The molecule has 2 N–H and O–H groups in total. The monoisotopic (exact) mass is 437 g/mol. The van der Waals surface area contributed by atoms with E-state index in [-0.39, 0.29) is 17.6 Å². The predicted molar refractivity (Wildman–Crippen MR) is 127 cm³/mol. The van der Waals surface area contributed by atoms with Gasteiger partial charge >= 0.3 is 0 Å². The molecule has 0 bridgehead atoms. The molecule has 0 saturated carbocycles. The zero-order chi connectivity index (χ0) is 22.6. The second-order valence-electron chi connectivity index (χ2n) is 7.96. The van der Waals surface area contributed by atoms with E-state index in [1.165, 1.54) is 6.26 Å². The van der Waals surface area contributed by atoms with Crippen molar-refractivity contribution < 1.29 is 14.0 Å². The first-order chi connectivity index (χ1) is 16.2. The minimum Gasteiger partial charge on any atom is -0.459 e. The Morgan fingerprint density at radius 1 is 0.758 bits per heavy atom. The van der Waals surface area contributed by atoms with Crippen molar-refractivity contribution in [2.45, 2.75) is 19.0 Å². The predicted octanol–water partition coefficient (Wildman–Crippen LogP) is 5.23. The van der Waals surface area contributed by atoms with Crippen LogP contribution in [0.5, 0.6) is 0 Å². The second kappa shape index (κ2) is 9.04. The van der Waals surface area contributed by atoms with Crippen LogP contribution in [0.1, 0.15) is 21.7 Å². The number of carbonyl (C=O) groups is 2. The lowest BCUT2D eigenvalue weighted by Crippen LogP contribution is -2.50. The summed E-state index contributed by atoms with van der Waals surface area (Å²) in [5.41, 5.74) is 4.69. The lowest BCUT2D eigenvalue weighted by Gasteiger charge is -2.35. The van der Waals surface area contributed by atoms with E-state index in [9.17, 15) is 9.59 Å². The summed E-state index contributed by atoms with van der Waals surface area (Å²) >= 11 is 0. The molecule has 0 saturated heterocycles. The summed E-state index contributed by atoms with van der Waals surface area (Å²) in [6.45, 7) is 0.355. The van der Waals surface area contributed by atoms with Crippen molar-refractivity contribution in [2.24, 2.45) is 0 Å². The lowest BCUT2D eigenvalue weighted by molar-refractivity contribution is -0.121. The molecule has 1 atom stereocenters. The molecule has 1 aliphatic heterocycles. The van der Waals surface area contributed by atoms with Crippen LogP contribution in [0.2, 0.25) is 0 Å². The molecule has 2 amide bonds. The number of para-hydroxylation sites is 1. The van der Waals surface area contributed by atoms with Gasteiger partial charge in [0.25, 0.3) is 5.91 Å². The van der Waals surface area contributed by atoms with E-state index in [4.69, 9.17) is 4.42 Å². The molecule has 5 rings (SSSR count). The molecule has 1 unspecified atom stereocenters. The number of anilines is 3. The van der Waals surface area contributed by atoms with E-state index >= 15 is 0 Å². The Hall–Kier alpha value is -4.32. The Morgan fingerprint density at radius 3 is 2.15 bits per heavy atom. The number of hydrogen-bond donors (Lipinski definition) is 2. The molecule has 1 aromatic heterocycles. The Balaban J connectivity index is 1.34. The summed E-state index contributed by atoms with van der Waals surface area (Å²) in [5, 5.41) is 6.29. The van der Waals surface area contributed by atoms with Gasteiger partial charge in [-0.3, -0.25) is 9.59 Å². The average Bonchev–Trinajstić information content (AvgIpc) is 3.40. The third kappa shape index (κ3) is 4.50. The zero-order valence-corrected chi connectivity index (χ0v) is 17.9. The quantitative estimate of drug-likeness (QED) is 0.448. The molecule has 0 spiro atoms. The summed E-state index contributed by atoms with van der Waals surface area (Å²) in [4.78, 5) is 28.0. The third-order valence-electron chi connectivity index (χ3n) is 5.76. The Morgan fingerprint density at radius 2 is 1.42 bits per heavy atom. The van der Waals surface area contributed by atoms with Crippen molar-refractivity contribution in [3.8, 4) is 0 Å². The van der Waals surface area contributed by atoms with Gasteiger partial charge in [0.15, 0.2) is 5.76 Å². The van der Waals surface area contributed by atoms with Crippen LogP contribution >= 0.6 is 0 Å². The smallest absolute Gasteiger partial charge is 0.290 e. The maximum Gasteiger partial charge on any atom is 0.290 e. The molecule has 164 valence electrons. The SMILES string of the molecule is O=C(Nc1ccc(Nc2ccccc2)cc1)C1Cc2ccccc2CN1C(=O)c1ccco1. The Bertz CT molecular complexity index is 1250. The second-order valence-corrected chi connectivity index (χ2v) is 7.96. The largest absolute Gasteiger partial charge is 0.459 e. The van der Waals surface area contributed by atoms with Crippen molar-refractivity contribution in [1.29, 1.82) is 0 Å². The molecule has 0 aliphatic carbocycles. The van der Waals surface area contributed by atoms with Gasteiger partial charge in [-0.15, -0.1) is 0 Å². The number of carbonyl (C=O) groups excluding carboxylic acids is 2. The number of amides is 2. The minimum atomic E-state index is -0.639. The zero-order valence-electron chi connectivity index (χ0n) is 17.9. The van der Waals surface area contributed by atoms with Crippen LogP contribution in [-0.4, -0.2) is 22.8 Å². The number of rotatable bonds is 5. The van der Waals surface area contributed by atoms with Gasteiger partial charge in [0.2, 0.25) is 5.91 Å². The number of fused-ring (bicyclic) bond motifs is 1. The molecule has 33 heavy (non-hydrogen) atoms. The summed E-state index contributed by atoms with van der Waals surface area (Å²) in [6, 6.07) is 27.9. The summed E-state index contributed by atoms with van der Waals surface area (Å²) in [5.74, 6) is -0.297. The first-order valence-corrected chi connectivity index (χ1v) is 10.8. The van der Waals surface area contributed by atoms with Gasteiger partial charge in [-0.25, -0.2) is 0 Å². The fourth-order valence-electron chi connectivity index (χ4n) is 4.06. The van der Waals surface area contributed by atoms with Gasteiger partial charge in [0.05, 0.1) is 6.26 Å². The van der Waals surface area contributed by atoms with Crippen molar-refractivity contribution in [3.63, 3.8) is 0 Å². The lowest BCUT2D eigenvalue weighted by atomic mass is 9.93. The number of benzene rings is 3. The van der Waals surface area contributed by atoms with Crippen molar-refractivity contribution >= 4 is 28.9 Å². The summed E-state index contributed by atoms with van der Waals surface area (Å²) in [7, 11) is 0. The molecule has 3 aromatic carbocycles. The van der Waals surface area contributed by atoms with Gasteiger partial charge in [0, 0.05) is 30.0 Å². The van der Waals surface area contributed by atoms with E-state index in [1.807, 2.05) is 78.9 Å². The van der Waals surface area contributed by atoms with Gasteiger partial charge in [0.1, 0.15) is 6.04 Å². The van der Waals surface area contributed by atoms with Crippen molar-refractivity contribution in [1.82, 2.24) is 4.90 Å². The first-order valence-electron chi connectivity index (χ1n) is 10.8. The maximum absolute atomic E-state index is 13.3. The number of hydrogen-bond acceptors (Lipinski definition) is 4. The standard InChI is InChI=1S/C27H23N3O3/c31-26(29-23-14-12-22(13-15-23)28-21-9-2-1-3-10-21)24-17-19-7-4-5-8-20(19)18-30(24)27(32)25-11-6-16-33-25/h1-16,24,28H,17-18H2,(H,29,31). The summed E-state index contributed by atoms with van der Waals surface area (Å²) in [6.07, 6.45) is 1.91. The average molecular weight is 437 g/mol. The molecule has 0 radical (unpaired) electrons. The van der Waals surface area contributed by atoms with E-state index in [0.29, 0.717) is 18.7 Å². The van der Waals surface area contributed by atoms with Crippen LogP contribution in [-0.2, 0) is 17.8 Å². The van der Waals surface area contributed by atoms with Crippen LogP contribution < -0.4 is 10.6 Å². The van der Waals surface area contributed by atoms with Crippen LogP contribution in [0.4, 0.5) is 17.1 Å². The molecule has 2 heterocycles. The molecule has 6 nitrogen and oxygen atoms in total. The number of nitrogens with zero attached hydrogens (tertiary/aromatic N) is 1. The molecule has 1 aliphatic rings. The van der Waals surface area contributed by atoms with E-state index in [1.54, 1.807) is 17.0 Å². The van der Waals surface area contributed by atoms with Gasteiger partial charge in [-0.2, -0.15) is 0 Å². The Labute approximate surface area is 191 Å². The molecular formula is C27H23N3O3. The molecule has 6 heteroatoms. The van der Waals surface area contributed by atoms with Crippen LogP contribution in [0.15, 0.2) is 102 Å². The van der Waals surface area contributed by atoms with Gasteiger partial charge in [-0.1, -0.05) is 42.5 Å². The van der Waals surface area contributed by atoms with Crippen LogP contribution in [0.25, 0.3) is 0 Å². The van der Waals surface area contributed by atoms with Gasteiger partial charge in [-0.05, 0) is 59.7 Å². The fourth-order valence-corrected chi connectivity index (χ4v) is 4.06. The maximum atomic E-state index is 13.3. The van der Waals surface area contributed by atoms with E-state index < -0.39 is 6.04 Å². The molecular weight excluding hydrogens is 414 g/mol. The number of nitrogens with one attached hydrogen (secondary N) is 2. The topological polar surface area (TPSA) is 74.6 Å². The highest BCUT2D eigenvalue weighted by molar-refractivity contribution is 6.00. The Kier molecular flexibility index (Phi) is 5.64. The van der Waals surface area contributed by atoms with Crippen LogP contribution in [0, 0.1) is 0 Å².